The minimum atomic E-state index is -0.633. The molecule has 2 amide bonds. The maximum atomic E-state index is 13.9. The summed E-state index contributed by atoms with van der Waals surface area (Å²) in [5.74, 6) is -0.479. The lowest BCUT2D eigenvalue weighted by atomic mass is 9.94. The number of hydrogen-bond acceptors (Lipinski definition) is 4. The highest BCUT2D eigenvalue weighted by molar-refractivity contribution is 6.04. The predicted molar refractivity (Wildman–Crippen MR) is 119 cm³/mol. The summed E-state index contributed by atoms with van der Waals surface area (Å²) in [7, 11) is 2.94. The van der Waals surface area contributed by atoms with Gasteiger partial charge >= 0.3 is 0 Å². The summed E-state index contributed by atoms with van der Waals surface area (Å²) in [4.78, 5) is 28.2. The SMILES string of the molecule is COc1cccc(OC)c1C(=O)N1CC(=O)Nc2ccc(C)cc2[C@H]1c1ccc(F)cc1. The molecule has 1 heterocycles. The van der Waals surface area contributed by atoms with Crippen LogP contribution in [0.3, 0.4) is 0 Å². The van der Waals surface area contributed by atoms with Gasteiger partial charge in [0.05, 0.1) is 20.3 Å². The van der Waals surface area contributed by atoms with Gasteiger partial charge in [0.1, 0.15) is 29.4 Å². The van der Waals surface area contributed by atoms with Crippen LogP contribution in [0.1, 0.15) is 33.1 Å². The summed E-state index contributed by atoms with van der Waals surface area (Å²) in [6, 6.07) is 16.0. The van der Waals surface area contributed by atoms with Crippen molar-refractivity contribution in [1.82, 2.24) is 4.90 Å². The molecule has 4 rings (SSSR count). The summed E-state index contributed by atoms with van der Waals surface area (Å²) in [5, 5.41) is 2.88. The maximum absolute atomic E-state index is 13.9. The van der Waals surface area contributed by atoms with Gasteiger partial charge < -0.3 is 19.7 Å². The van der Waals surface area contributed by atoms with Crippen LogP contribution in [0.4, 0.5) is 10.1 Å². The fourth-order valence-corrected chi connectivity index (χ4v) is 4.03. The number of benzene rings is 3. The first kappa shape index (κ1) is 21.4. The molecule has 0 saturated carbocycles. The molecule has 1 N–H and O–H groups in total. The molecule has 0 fully saturated rings. The van der Waals surface area contributed by atoms with E-state index in [4.69, 9.17) is 9.47 Å². The van der Waals surface area contributed by atoms with Crippen molar-refractivity contribution in [3.05, 3.63) is 88.7 Å². The van der Waals surface area contributed by atoms with E-state index in [9.17, 15) is 14.0 Å². The van der Waals surface area contributed by atoms with Crippen LogP contribution in [0.5, 0.6) is 11.5 Å². The summed E-state index contributed by atoms with van der Waals surface area (Å²) in [5.41, 5.74) is 3.21. The van der Waals surface area contributed by atoms with Gasteiger partial charge in [-0.05, 0) is 42.8 Å². The summed E-state index contributed by atoms with van der Waals surface area (Å²) in [6.45, 7) is 1.74. The lowest BCUT2D eigenvalue weighted by Gasteiger charge is -2.31. The van der Waals surface area contributed by atoms with Gasteiger partial charge in [-0.2, -0.15) is 0 Å². The molecule has 3 aromatic rings. The van der Waals surface area contributed by atoms with Crippen LogP contribution < -0.4 is 14.8 Å². The average molecular weight is 434 g/mol. The van der Waals surface area contributed by atoms with Crippen molar-refractivity contribution in [2.24, 2.45) is 0 Å². The van der Waals surface area contributed by atoms with Crippen LogP contribution in [0, 0.1) is 12.7 Å². The zero-order valence-electron chi connectivity index (χ0n) is 18.0. The van der Waals surface area contributed by atoms with Gasteiger partial charge in [-0.3, -0.25) is 9.59 Å². The number of methoxy groups -OCH3 is 2. The van der Waals surface area contributed by atoms with E-state index >= 15 is 0 Å². The smallest absolute Gasteiger partial charge is 0.262 e. The van der Waals surface area contributed by atoms with Crippen LogP contribution in [0.25, 0.3) is 0 Å². The molecule has 1 aliphatic heterocycles. The Hall–Kier alpha value is -3.87. The van der Waals surface area contributed by atoms with Gasteiger partial charge in [0.25, 0.3) is 5.91 Å². The number of halogens is 1. The Morgan fingerprint density at radius 1 is 1.03 bits per heavy atom. The molecule has 0 saturated heterocycles. The van der Waals surface area contributed by atoms with Crippen LogP contribution in [0.15, 0.2) is 60.7 Å². The van der Waals surface area contributed by atoms with Crippen molar-refractivity contribution in [2.75, 3.05) is 26.1 Å². The number of hydrogen-bond donors (Lipinski definition) is 1. The molecule has 1 aliphatic rings. The Kier molecular flexibility index (Phi) is 5.81. The number of nitrogens with one attached hydrogen (secondary N) is 1. The second-order valence-electron chi connectivity index (χ2n) is 7.56. The van der Waals surface area contributed by atoms with E-state index in [2.05, 4.69) is 5.32 Å². The Bertz CT molecular complexity index is 1150. The Morgan fingerprint density at radius 3 is 2.31 bits per heavy atom. The number of carbonyl (C=O) groups excluding carboxylic acids is 2. The molecular formula is C25H23FN2O4. The van der Waals surface area contributed by atoms with E-state index in [1.807, 2.05) is 25.1 Å². The third-order valence-electron chi connectivity index (χ3n) is 5.49. The van der Waals surface area contributed by atoms with Crippen molar-refractivity contribution in [3.8, 4) is 11.5 Å². The van der Waals surface area contributed by atoms with E-state index in [-0.39, 0.29) is 23.8 Å². The molecule has 0 bridgehead atoms. The Labute approximate surface area is 185 Å². The normalized spacial score (nSPS) is 15.4. The Morgan fingerprint density at radius 2 is 1.69 bits per heavy atom. The monoisotopic (exact) mass is 434 g/mol. The first-order valence-corrected chi connectivity index (χ1v) is 10.1. The molecule has 164 valence electrons. The fraction of sp³-hybridized carbons (Fsp3) is 0.200. The number of ether oxygens (including phenoxy) is 2. The number of rotatable bonds is 4. The zero-order chi connectivity index (χ0) is 22.8. The van der Waals surface area contributed by atoms with Crippen molar-refractivity contribution >= 4 is 17.5 Å². The number of nitrogens with zero attached hydrogens (tertiary/aromatic N) is 1. The van der Waals surface area contributed by atoms with Crippen LogP contribution in [-0.4, -0.2) is 37.5 Å². The molecule has 3 aromatic carbocycles. The summed E-state index contributed by atoms with van der Waals surface area (Å²) in [6.07, 6.45) is 0. The standard InChI is InChI=1S/C25H23FN2O4/c1-15-7-12-19-18(13-15)24(16-8-10-17(26)11-9-16)28(14-22(29)27-19)25(30)23-20(31-2)5-4-6-21(23)32-3/h4-13,24H,14H2,1-3H3,(H,27,29)/t24-/m1/s1. The fourth-order valence-electron chi connectivity index (χ4n) is 4.03. The van der Waals surface area contributed by atoms with E-state index in [1.165, 1.54) is 31.3 Å². The van der Waals surface area contributed by atoms with Gasteiger partial charge in [-0.25, -0.2) is 4.39 Å². The summed E-state index contributed by atoms with van der Waals surface area (Å²) >= 11 is 0. The second-order valence-corrected chi connectivity index (χ2v) is 7.56. The van der Waals surface area contributed by atoms with Gasteiger partial charge in [0, 0.05) is 11.3 Å². The highest BCUT2D eigenvalue weighted by atomic mass is 19.1. The van der Waals surface area contributed by atoms with Crippen molar-refractivity contribution in [1.29, 1.82) is 0 Å². The zero-order valence-corrected chi connectivity index (χ0v) is 18.0. The second kappa shape index (κ2) is 8.70. The lowest BCUT2D eigenvalue weighted by Crippen LogP contribution is -2.39. The van der Waals surface area contributed by atoms with Gasteiger partial charge in [-0.1, -0.05) is 35.9 Å². The van der Waals surface area contributed by atoms with Crippen molar-refractivity contribution < 1.29 is 23.5 Å². The molecule has 6 nitrogen and oxygen atoms in total. The minimum Gasteiger partial charge on any atom is -0.496 e. The third kappa shape index (κ3) is 3.89. The molecule has 0 aromatic heterocycles. The molecule has 0 aliphatic carbocycles. The first-order valence-electron chi connectivity index (χ1n) is 10.1. The number of fused-ring (bicyclic) bond motifs is 1. The maximum Gasteiger partial charge on any atom is 0.262 e. The number of anilines is 1. The minimum absolute atomic E-state index is 0.199. The van der Waals surface area contributed by atoms with Gasteiger partial charge in [0.15, 0.2) is 0 Å². The highest BCUT2D eigenvalue weighted by Gasteiger charge is 2.36. The van der Waals surface area contributed by atoms with E-state index in [0.717, 1.165) is 11.1 Å². The molecular weight excluding hydrogens is 411 g/mol. The predicted octanol–water partition coefficient (Wildman–Crippen LogP) is 4.34. The van der Waals surface area contributed by atoms with Crippen molar-refractivity contribution in [3.63, 3.8) is 0 Å². The molecule has 7 heteroatoms. The third-order valence-corrected chi connectivity index (χ3v) is 5.49. The van der Waals surface area contributed by atoms with E-state index in [1.54, 1.807) is 30.3 Å². The topological polar surface area (TPSA) is 67.9 Å². The largest absolute Gasteiger partial charge is 0.496 e. The van der Waals surface area contributed by atoms with Crippen LogP contribution >= 0.6 is 0 Å². The molecule has 1 atom stereocenters. The molecule has 32 heavy (non-hydrogen) atoms. The van der Waals surface area contributed by atoms with Crippen LogP contribution in [0.2, 0.25) is 0 Å². The Balaban J connectivity index is 1.94. The molecule has 0 spiro atoms. The van der Waals surface area contributed by atoms with E-state index < -0.39 is 11.9 Å². The van der Waals surface area contributed by atoms with Crippen molar-refractivity contribution in [2.45, 2.75) is 13.0 Å². The molecule has 0 unspecified atom stereocenters. The van der Waals surface area contributed by atoms with Gasteiger partial charge in [0.2, 0.25) is 5.91 Å². The average Bonchev–Trinajstić information content (AvgIpc) is 2.94. The number of amides is 2. The van der Waals surface area contributed by atoms with Gasteiger partial charge in [-0.15, -0.1) is 0 Å². The first-order chi connectivity index (χ1) is 15.4. The number of carbonyl (C=O) groups is 2. The quantitative estimate of drug-likeness (QED) is 0.664. The number of aryl methyl sites for hydroxylation is 1. The summed E-state index contributed by atoms with van der Waals surface area (Å²) < 4.78 is 24.5. The molecule has 0 radical (unpaired) electrons. The van der Waals surface area contributed by atoms with Crippen LogP contribution in [-0.2, 0) is 4.79 Å². The lowest BCUT2D eigenvalue weighted by molar-refractivity contribution is -0.117. The highest BCUT2D eigenvalue weighted by Crippen LogP contribution is 2.39. The van der Waals surface area contributed by atoms with E-state index in [0.29, 0.717) is 22.7 Å².